The third kappa shape index (κ3) is 4.70. The molecule has 1 aliphatic rings. The van der Waals surface area contributed by atoms with Gasteiger partial charge in [0, 0.05) is 23.5 Å². The molecule has 2 aromatic rings. The summed E-state index contributed by atoms with van der Waals surface area (Å²) in [5.41, 5.74) is 3.35. The van der Waals surface area contributed by atoms with Crippen molar-refractivity contribution in [2.24, 2.45) is 0 Å². The summed E-state index contributed by atoms with van der Waals surface area (Å²) in [4.78, 5) is 12.8. The van der Waals surface area contributed by atoms with E-state index in [0.29, 0.717) is 26.9 Å². The molecular formula is C20H19Cl2N3OS. The highest BCUT2D eigenvalue weighted by Gasteiger charge is 2.21. The molecule has 0 bridgehead atoms. The first kappa shape index (κ1) is 19.9. The standard InChI is InChI=1S/C20H19Cl2N3OS/c1-2-4-13-7-14(12-23)9-16(8-13)24-20(26)15-10-17(21)19(22)18(11-15)25-5-3-6-27-25/h7-11H,2-6H2,1H3,(H,24,26). The van der Waals surface area contributed by atoms with Crippen molar-refractivity contribution in [3.05, 3.63) is 57.1 Å². The number of carbonyl (C=O) groups excluding carboxylic acids is 1. The SMILES string of the molecule is CCCc1cc(C#N)cc(NC(=O)c2cc(Cl)c(Cl)c(N3CCCS3)c2)c1. The molecule has 27 heavy (non-hydrogen) atoms. The summed E-state index contributed by atoms with van der Waals surface area (Å²) < 4.78 is 2.07. The molecule has 1 amide bonds. The van der Waals surface area contributed by atoms with Gasteiger partial charge in [0.25, 0.3) is 5.91 Å². The highest BCUT2D eigenvalue weighted by atomic mass is 35.5. The summed E-state index contributed by atoms with van der Waals surface area (Å²) in [5, 5.41) is 12.9. The predicted octanol–water partition coefficient (Wildman–Crippen LogP) is 5.93. The van der Waals surface area contributed by atoms with E-state index in [-0.39, 0.29) is 5.91 Å². The largest absolute Gasteiger partial charge is 0.322 e. The summed E-state index contributed by atoms with van der Waals surface area (Å²) in [6.45, 7) is 2.95. The average molecular weight is 420 g/mol. The maximum absolute atomic E-state index is 12.8. The van der Waals surface area contributed by atoms with Gasteiger partial charge in [-0.25, -0.2) is 0 Å². The van der Waals surface area contributed by atoms with E-state index in [4.69, 9.17) is 23.2 Å². The monoisotopic (exact) mass is 419 g/mol. The minimum absolute atomic E-state index is 0.281. The number of nitriles is 1. The number of nitrogens with zero attached hydrogens (tertiary/aromatic N) is 2. The van der Waals surface area contributed by atoms with E-state index >= 15 is 0 Å². The Morgan fingerprint density at radius 3 is 2.78 bits per heavy atom. The first-order chi connectivity index (χ1) is 13.0. The van der Waals surface area contributed by atoms with Gasteiger partial charge in [-0.2, -0.15) is 5.26 Å². The molecule has 1 heterocycles. The van der Waals surface area contributed by atoms with Gasteiger partial charge in [-0.1, -0.05) is 36.5 Å². The van der Waals surface area contributed by atoms with Crippen LogP contribution in [0.25, 0.3) is 0 Å². The summed E-state index contributed by atoms with van der Waals surface area (Å²) >= 11 is 14.3. The van der Waals surface area contributed by atoms with Crippen molar-refractivity contribution >= 4 is 52.4 Å². The zero-order valence-corrected chi connectivity index (χ0v) is 17.2. The molecule has 4 nitrogen and oxygen atoms in total. The Morgan fingerprint density at radius 2 is 2.11 bits per heavy atom. The predicted molar refractivity (Wildman–Crippen MR) is 114 cm³/mol. The Morgan fingerprint density at radius 1 is 1.30 bits per heavy atom. The van der Waals surface area contributed by atoms with Gasteiger partial charge in [0.05, 0.1) is 27.4 Å². The Hall–Kier alpha value is -1.87. The second kappa shape index (κ2) is 8.88. The van der Waals surface area contributed by atoms with Crippen LogP contribution in [-0.2, 0) is 6.42 Å². The van der Waals surface area contributed by atoms with Gasteiger partial charge in [-0.15, -0.1) is 0 Å². The zero-order chi connectivity index (χ0) is 19.4. The van der Waals surface area contributed by atoms with Crippen molar-refractivity contribution < 1.29 is 4.79 Å². The van der Waals surface area contributed by atoms with Gasteiger partial charge in [0.15, 0.2) is 0 Å². The zero-order valence-electron chi connectivity index (χ0n) is 14.9. The number of benzene rings is 2. The molecule has 0 aliphatic carbocycles. The minimum atomic E-state index is -0.281. The Labute approximate surface area is 173 Å². The van der Waals surface area contributed by atoms with Crippen LogP contribution in [0.15, 0.2) is 30.3 Å². The van der Waals surface area contributed by atoms with Gasteiger partial charge in [-0.3, -0.25) is 4.79 Å². The van der Waals surface area contributed by atoms with Crippen LogP contribution in [0, 0.1) is 11.3 Å². The summed E-state index contributed by atoms with van der Waals surface area (Å²) in [5.74, 6) is 0.738. The van der Waals surface area contributed by atoms with Crippen molar-refractivity contribution in [2.75, 3.05) is 21.9 Å². The van der Waals surface area contributed by atoms with Crippen LogP contribution in [0.2, 0.25) is 10.0 Å². The minimum Gasteiger partial charge on any atom is -0.322 e. The average Bonchev–Trinajstić information content (AvgIpc) is 3.18. The van der Waals surface area contributed by atoms with Crippen LogP contribution in [0.4, 0.5) is 11.4 Å². The van der Waals surface area contributed by atoms with E-state index in [0.717, 1.165) is 42.8 Å². The van der Waals surface area contributed by atoms with Crippen molar-refractivity contribution in [3.8, 4) is 6.07 Å². The number of nitrogens with one attached hydrogen (secondary N) is 1. The van der Waals surface area contributed by atoms with E-state index in [1.165, 1.54) is 0 Å². The number of aryl methyl sites for hydroxylation is 1. The smallest absolute Gasteiger partial charge is 0.255 e. The van der Waals surface area contributed by atoms with Gasteiger partial charge < -0.3 is 9.62 Å². The molecule has 1 saturated heterocycles. The number of anilines is 2. The summed E-state index contributed by atoms with van der Waals surface area (Å²) in [6, 6.07) is 10.9. The molecule has 0 atom stereocenters. The molecule has 0 radical (unpaired) electrons. The van der Waals surface area contributed by atoms with E-state index in [2.05, 4.69) is 22.6 Å². The molecular weight excluding hydrogens is 401 g/mol. The van der Waals surface area contributed by atoms with Crippen LogP contribution in [-0.4, -0.2) is 18.2 Å². The lowest BCUT2D eigenvalue weighted by molar-refractivity contribution is 0.102. The van der Waals surface area contributed by atoms with E-state index in [1.807, 2.05) is 12.1 Å². The number of halogens is 2. The van der Waals surface area contributed by atoms with E-state index in [1.54, 1.807) is 30.1 Å². The van der Waals surface area contributed by atoms with Gasteiger partial charge in [0.1, 0.15) is 0 Å². The Bertz CT molecular complexity index is 905. The Balaban J connectivity index is 1.88. The normalized spacial score (nSPS) is 13.5. The first-order valence-corrected chi connectivity index (χ1v) is 10.5. The molecule has 0 spiro atoms. The van der Waals surface area contributed by atoms with Crippen LogP contribution >= 0.6 is 35.1 Å². The van der Waals surface area contributed by atoms with Crippen molar-refractivity contribution in [2.45, 2.75) is 26.2 Å². The van der Waals surface area contributed by atoms with Crippen LogP contribution < -0.4 is 9.62 Å². The lowest BCUT2D eigenvalue weighted by Crippen LogP contribution is -2.15. The van der Waals surface area contributed by atoms with Crippen molar-refractivity contribution in [3.63, 3.8) is 0 Å². The van der Waals surface area contributed by atoms with E-state index in [9.17, 15) is 10.1 Å². The number of hydrogen-bond acceptors (Lipinski definition) is 4. The molecule has 1 fully saturated rings. The summed E-state index contributed by atoms with van der Waals surface area (Å²) in [6.07, 6.45) is 2.88. The maximum Gasteiger partial charge on any atom is 0.255 e. The number of carbonyl (C=O) groups is 1. The topological polar surface area (TPSA) is 56.1 Å². The molecule has 0 saturated carbocycles. The van der Waals surface area contributed by atoms with Crippen LogP contribution in [0.3, 0.4) is 0 Å². The highest BCUT2D eigenvalue weighted by Crippen LogP contribution is 2.39. The molecule has 7 heteroatoms. The quantitative estimate of drug-likeness (QED) is 0.610. The molecule has 0 aromatic heterocycles. The fourth-order valence-electron chi connectivity index (χ4n) is 2.99. The number of hydrogen-bond donors (Lipinski definition) is 1. The molecule has 140 valence electrons. The third-order valence-electron chi connectivity index (χ3n) is 4.21. The molecule has 1 N–H and O–H groups in total. The maximum atomic E-state index is 12.8. The summed E-state index contributed by atoms with van der Waals surface area (Å²) in [7, 11) is 0. The molecule has 0 unspecified atom stereocenters. The fraction of sp³-hybridized carbons (Fsp3) is 0.300. The Kier molecular flexibility index (Phi) is 6.54. The molecule has 2 aromatic carbocycles. The van der Waals surface area contributed by atoms with Gasteiger partial charge >= 0.3 is 0 Å². The second-order valence-corrected chi connectivity index (χ2v) is 8.21. The fourth-order valence-corrected chi connectivity index (χ4v) is 4.49. The van der Waals surface area contributed by atoms with Crippen LogP contribution in [0.5, 0.6) is 0 Å². The van der Waals surface area contributed by atoms with Gasteiger partial charge in [-0.05, 0) is 60.7 Å². The first-order valence-electron chi connectivity index (χ1n) is 8.76. The second-order valence-electron chi connectivity index (χ2n) is 6.31. The lowest BCUT2D eigenvalue weighted by Gasteiger charge is -2.19. The van der Waals surface area contributed by atoms with Crippen molar-refractivity contribution in [1.29, 1.82) is 5.26 Å². The van der Waals surface area contributed by atoms with E-state index < -0.39 is 0 Å². The number of rotatable bonds is 5. The van der Waals surface area contributed by atoms with Gasteiger partial charge in [0.2, 0.25) is 0 Å². The molecule has 1 aliphatic heterocycles. The molecule has 3 rings (SSSR count). The van der Waals surface area contributed by atoms with Crippen LogP contribution in [0.1, 0.15) is 41.3 Å². The lowest BCUT2D eigenvalue weighted by atomic mass is 10.1. The third-order valence-corrected chi connectivity index (χ3v) is 6.17. The van der Waals surface area contributed by atoms with Crippen molar-refractivity contribution in [1.82, 2.24) is 0 Å². The number of amides is 1. The highest BCUT2D eigenvalue weighted by molar-refractivity contribution is 8.00.